The summed E-state index contributed by atoms with van der Waals surface area (Å²) in [6.07, 6.45) is 0. The second kappa shape index (κ2) is 10.7. The highest BCUT2D eigenvalue weighted by molar-refractivity contribution is 8.10. The predicted octanol–water partition coefficient (Wildman–Crippen LogP) is 3.89. The second-order valence-corrected chi connectivity index (χ2v) is 13.0. The molecule has 40 heavy (non-hydrogen) atoms. The summed E-state index contributed by atoms with van der Waals surface area (Å²) in [7, 11) is -9.32. The van der Waals surface area contributed by atoms with Gasteiger partial charge in [0.05, 0.1) is 27.6 Å². The van der Waals surface area contributed by atoms with Gasteiger partial charge in [-0.05, 0) is 62.4 Å². The number of carbonyl (C=O) groups is 2. The zero-order chi connectivity index (χ0) is 29.4. The minimum atomic E-state index is -4.66. The van der Waals surface area contributed by atoms with E-state index < -0.39 is 37.5 Å². The molecule has 10 nitrogen and oxygen atoms in total. The molecule has 4 rings (SSSR count). The molecule has 0 spiro atoms. The number of rotatable bonds is 7. The molecule has 0 atom stereocenters. The summed E-state index contributed by atoms with van der Waals surface area (Å²) in [5, 5.41) is 0.183. The number of hydrogen-bond donors (Lipinski definition) is 0. The van der Waals surface area contributed by atoms with Crippen LogP contribution in [0.4, 0.5) is 5.69 Å². The van der Waals surface area contributed by atoms with E-state index >= 15 is 0 Å². The lowest BCUT2D eigenvalue weighted by molar-refractivity contribution is -0.142. The van der Waals surface area contributed by atoms with Crippen LogP contribution < -0.4 is 9.34 Å². The molecule has 0 aliphatic carbocycles. The van der Waals surface area contributed by atoms with Gasteiger partial charge in [-0.2, -0.15) is 3.71 Å². The van der Waals surface area contributed by atoms with Crippen LogP contribution in [0.1, 0.15) is 30.5 Å². The Morgan fingerprint density at radius 3 is 1.65 bits per heavy atom. The number of hydrogen-bond acceptors (Lipinski definition) is 8. The summed E-state index contributed by atoms with van der Waals surface area (Å²) >= 11 is 0. The molecule has 0 bridgehead atoms. The van der Waals surface area contributed by atoms with Crippen LogP contribution in [-0.4, -0.2) is 33.5 Å². The topological polar surface area (TPSA) is 139 Å². The Balaban J connectivity index is 1.94. The van der Waals surface area contributed by atoms with Crippen LogP contribution in [0.2, 0.25) is 0 Å². The van der Waals surface area contributed by atoms with Crippen molar-refractivity contribution in [2.75, 3.05) is 3.71 Å². The number of aryl methyl sites for hydroxylation is 2. The highest BCUT2D eigenvalue weighted by Crippen LogP contribution is 2.33. The van der Waals surface area contributed by atoms with Gasteiger partial charge in [-0.15, -0.1) is 0 Å². The third-order valence-corrected chi connectivity index (χ3v) is 10.4. The van der Waals surface area contributed by atoms with E-state index in [1.54, 1.807) is 38.1 Å². The summed E-state index contributed by atoms with van der Waals surface area (Å²) in [5.74, 6) is -1.17. The van der Waals surface area contributed by atoms with Gasteiger partial charge in [-0.1, -0.05) is 35.4 Å². The van der Waals surface area contributed by atoms with Gasteiger partial charge in [-0.25, -0.2) is 21.6 Å². The molecule has 2 amide bonds. The van der Waals surface area contributed by atoms with Crippen LogP contribution in [0.15, 0.2) is 91.8 Å². The van der Waals surface area contributed by atoms with Gasteiger partial charge in [0.15, 0.2) is 0 Å². The van der Waals surface area contributed by atoms with Crippen LogP contribution in [-0.2, 0) is 36.2 Å². The molecule has 0 radical (unpaired) electrons. The Kier molecular flexibility index (Phi) is 7.68. The summed E-state index contributed by atoms with van der Waals surface area (Å²) < 4.78 is 61.2. The predicted molar refractivity (Wildman–Crippen MR) is 149 cm³/mol. The zero-order valence-corrected chi connectivity index (χ0v) is 23.7. The van der Waals surface area contributed by atoms with E-state index in [-0.39, 0.29) is 38.6 Å². The van der Waals surface area contributed by atoms with E-state index in [1.807, 2.05) is 0 Å². The van der Waals surface area contributed by atoms with Crippen molar-refractivity contribution in [2.45, 2.75) is 44.0 Å². The van der Waals surface area contributed by atoms with E-state index in [2.05, 4.69) is 0 Å². The number of fused-ring (bicyclic) bond motifs is 1. The molecule has 1 aromatic heterocycles. The minimum Gasteiger partial charge on any atom is -0.422 e. The fourth-order valence-electron chi connectivity index (χ4n) is 4.01. The van der Waals surface area contributed by atoms with Crippen LogP contribution >= 0.6 is 0 Å². The Hall–Kier alpha value is -4.29. The maximum absolute atomic E-state index is 13.9. The number of imide groups is 1. The third-order valence-electron chi connectivity index (χ3n) is 6.16. The van der Waals surface area contributed by atoms with Crippen LogP contribution in [0, 0.1) is 13.8 Å². The molecule has 0 aliphatic heterocycles. The lowest BCUT2D eigenvalue weighted by Crippen LogP contribution is -2.37. The van der Waals surface area contributed by atoms with Crippen molar-refractivity contribution in [1.82, 2.24) is 4.90 Å². The van der Waals surface area contributed by atoms with E-state index in [0.717, 1.165) is 16.0 Å². The maximum Gasteiger partial charge on any atom is 0.341 e. The molecule has 0 saturated carbocycles. The highest BCUT2D eigenvalue weighted by atomic mass is 32.3. The summed E-state index contributed by atoms with van der Waals surface area (Å²) in [6.45, 7) is 5.51. The van der Waals surface area contributed by atoms with Crippen molar-refractivity contribution < 1.29 is 30.8 Å². The van der Waals surface area contributed by atoms with E-state index in [1.165, 1.54) is 62.4 Å². The fraction of sp³-hybridized carbons (Fsp3) is 0.179. The van der Waals surface area contributed by atoms with Gasteiger partial charge in [-0.3, -0.25) is 14.5 Å². The monoisotopic (exact) mass is 582 g/mol. The lowest BCUT2D eigenvalue weighted by Gasteiger charge is -2.24. The highest BCUT2D eigenvalue weighted by Gasteiger charge is 2.37. The van der Waals surface area contributed by atoms with Gasteiger partial charge in [0, 0.05) is 19.2 Å². The van der Waals surface area contributed by atoms with Crippen LogP contribution in [0.5, 0.6) is 0 Å². The normalized spacial score (nSPS) is 11.8. The molecule has 0 unspecified atom stereocenters. The van der Waals surface area contributed by atoms with Gasteiger partial charge in [0.2, 0.25) is 11.8 Å². The van der Waals surface area contributed by atoms with Gasteiger partial charge < -0.3 is 4.42 Å². The molecule has 1 heterocycles. The Bertz CT molecular complexity index is 1810. The first kappa shape index (κ1) is 28.7. The van der Waals surface area contributed by atoms with E-state index in [9.17, 15) is 31.2 Å². The lowest BCUT2D eigenvalue weighted by atomic mass is 10.1. The molecular weight excluding hydrogens is 556 g/mol. The Morgan fingerprint density at radius 1 is 0.725 bits per heavy atom. The van der Waals surface area contributed by atoms with Crippen LogP contribution in [0.25, 0.3) is 11.0 Å². The summed E-state index contributed by atoms with van der Waals surface area (Å²) in [5.41, 5.74) is 0.530. The van der Waals surface area contributed by atoms with Gasteiger partial charge >= 0.3 is 5.63 Å². The quantitative estimate of drug-likeness (QED) is 0.299. The Labute approximate surface area is 231 Å². The van der Waals surface area contributed by atoms with Crippen molar-refractivity contribution in [2.24, 2.45) is 0 Å². The molecular formula is C28H26N2O8S2. The van der Waals surface area contributed by atoms with Crippen molar-refractivity contribution in [1.29, 1.82) is 0 Å². The smallest absolute Gasteiger partial charge is 0.341 e. The molecule has 0 aliphatic rings. The summed E-state index contributed by atoms with van der Waals surface area (Å²) in [6, 6.07) is 16.6. The molecule has 0 fully saturated rings. The fourth-order valence-corrected chi connectivity index (χ4v) is 7.69. The van der Waals surface area contributed by atoms with Crippen molar-refractivity contribution in [3.63, 3.8) is 0 Å². The SMILES string of the molecule is CC(=O)N(Cc1cc2cc(N(S(=O)(=O)c3ccc(C)cc3)S(=O)(=O)c3ccc(C)cc3)ccc2oc1=O)C(C)=O. The van der Waals surface area contributed by atoms with Crippen molar-refractivity contribution in [3.05, 3.63) is 99.9 Å². The molecule has 0 saturated heterocycles. The number of carbonyl (C=O) groups excluding carboxylic acids is 2. The van der Waals surface area contributed by atoms with Crippen molar-refractivity contribution in [3.8, 4) is 0 Å². The maximum atomic E-state index is 13.9. The number of anilines is 1. The minimum absolute atomic E-state index is 0.0510. The average molecular weight is 583 g/mol. The largest absolute Gasteiger partial charge is 0.422 e. The standard InChI is InChI=1S/C28H26N2O8S2/c1-18-5-10-25(11-6-18)39(34,35)30(40(36,37)26-12-7-19(2)8-13-26)24-9-14-27-22(16-24)15-23(28(33)38-27)17-29(20(3)31)21(4)32/h5-16H,17H2,1-4H3. The molecule has 4 aromatic rings. The van der Waals surface area contributed by atoms with Gasteiger partial charge in [0.1, 0.15) is 5.58 Å². The molecule has 0 N–H and O–H groups in total. The molecule has 3 aromatic carbocycles. The number of sulfonamides is 2. The van der Waals surface area contributed by atoms with E-state index in [0.29, 0.717) is 3.71 Å². The zero-order valence-electron chi connectivity index (χ0n) is 22.1. The number of benzene rings is 3. The average Bonchev–Trinajstić information content (AvgIpc) is 2.87. The second-order valence-electron chi connectivity index (χ2n) is 9.24. The van der Waals surface area contributed by atoms with E-state index in [4.69, 9.17) is 4.42 Å². The van der Waals surface area contributed by atoms with Gasteiger partial charge in [0.25, 0.3) is 20.0 Å². The molecule has 12 heteroatoms. The summed E-state index contributed by atoms with van der Waals surface area (Å²) in [4.78, 5) is 36.7. The van der Waals surface area contributed by atoms with Crippen LogP contribution in [0.3, 0.4) is 0 Å². The first-order valence-corrected chi connectivity index (χ1v) is 14.9. The number of amides is 2. The molecule has 208 valence electrons. The third kappa shape index (κ3) is 5.54. The van der Waals surface area contributed by atoms with Crippen molar-refractivity contribution >= 4 is 48.5 Å². The first-order chi connectivity index (χ1) is 18.7. The Morgan fingerprint density at radius 2 is 1.20 bits per heavy atom. The first-order valence-electron chi connectivity index (χ1n) is 12.0. The number of nitrogens with zero attached hydrogens (tertiary/aromatic N) is 2.